The highest BCUT2D eigenvalue weighted by Crippen LogP contribution is 2.34. The normalized spacial score (nSPS) is 14.4. The SMILES string of the molecule is O=S(=O)(NCC(O)(c1ccsc1)c1cccs1)c1ccccc1F. The summed E-state index contributed by atoms with van der Waals surface area (Å²) in [5.41, 5.74) is -0.918. The number of sulfonamides is 1. The second-order valence-corrected chi connectivity index (χ2v) is 8.57. The summed E-state index contributed by atoms with van der Waals surface area (Å²) in [5, 5.41) is 16.5. The molecule has 1 aromatic carbocycles. The van der Waals surface area contributed by atoms with E-state index in [9.17, 15) is 17.9 Å². The van der Waals surface area contributed by atoms with E-state index in [1.807, 2.05) is 0 Å². The molecule has 3 aromatic rings. The molecule has 0 amide bonds. The molecule has 3 rings (SSSR count). The third-order valence-corrected chi connectivity index (χ3v) is 6.71. The van der Waals surface area contributed by atoms with E-state index in [1.165, 1.54) is 40.9 Å². The molecule has 0 aliphatic heterocycles. The maximum atomic E-state index is 13.8. The minimum atomic E-state index is -4.08. The number of thiophene rings is 2. The lowest BCUT2D eigenvalue weighted by Crippen LogP contribution is -2.41. The number of benzene rings is 1. The molecule has 0 aliphatic carbocycles. The number of aliphatic hydroxyl groups is 1. The van der Waals surface area contributed by atoms with Crippen LogP contribution in [0.2, 0.25) is 0 Å². The van der Waals surface area contributed by atoms with Crippen molar-refractivity contribution < 1.29 is 17.9 Å². The van der Waals surface area contributed by atoms with E-state index in [2.05, 4.69) is 4.72 Å². The quantitative estimate of drug-likeness (QED) is 0.687. The first-order chi connectivity index (χ1) is 11.4. The molecular formula is C16H14FNO3S3. The molecule has 0 radical (unpaired) electrons. The average Bonchev–Trinajstić information content (AvgIpc) is 3.26. The van der Waals surface area contributed by atoms with Crippen LogP contribution in [0.25, 0.3) is 0 Å². The van der Waals surface area contributed by atoms with Crippen LogP contribution in [0.5, 0.6) is 0 Å². The van der Waals surface area contributed by atoms with Crippen LogP contribution in [0.1, 0.15) is 10.4 Å². The van der Waals surface area contributed by atoms with E-state index < -0.39 is 26.3 Å². The Morgan fingerprint density at radius 1 is 1.12 bits per heavy atom. The molecule has 2 heterocycles. The third kappa shape index (κ3) is 3.28. The molecule has 2 N–H and O–H groups in total. The number of hydrogen-bond acceptors (Lipinski definition) is 5. The minimum absolute atomic E-state index is 0.291. The van der Waals surface area contributed by atoms with E-state index in [1.54, 1.807) is 34.3 Å². The highest BCUT2D eigenvalue weighted by molar-refractivity contribution is 7.89. The van der Waals surface area contributed by atoms with E-state index in [0.717, 1.165) is 6.07 Å². The van der Waals surface area contributed by atoms with Crippen molar-refractivity contribution in [3.63, 3.8) is 0 Å². The van der Waals surface area contributed by atoms with Gasteiger partial charge in [-0.1, -0.05) is 18.2 Å². The molecule has 2 aromatic heterocycles. The molecule has 1 atom stereocenters. The van der Waals surface area contributed by atoms with E-state index in [0.29, 0.717) is 10.4 Å². The summed E-state index contributed by atoms with van der Waals surface area (Å²) >= 11 is 2.73. The topological polar surface area (TPSA) is 66.4 Å². The summed E-state index contributed by atoms with van der Waals surface area (Å²) in [5.74, 6) is -0.833. The van der Waals surface area contributed by atoms with Gasteiger partial charge in [0.2, 0.25) is 10.0 Å². The first-order valence-electron chi connectivity index (χ1n) is 6.97. The van der Waals surface area contributed by atoms with Crippen LogP contribution < -0.4 is 4.72 Å². The van der Waals surface area contributed by atoms with Gasteiger partial charge in [0.15, 0.2) is 0 Å². The van der Waals surface area contributed by atoms with Gasteiger partial charge in [-0.3, -0.25) is 0 Å². The molecule has 0 aliphatic rings. The second kappa shape index (κ2) is 6.73. The predicted molar refractivity (Wildman–Crippen MR) is 93.2 cm³/mol. The van der Waals surface area contributed by atoms with Gasteiger partial charge in [-0.05, 0) is 40.4 Å². The molecule has 4 nitrogen and oxygen atoms in total. The lowest BCUT2D eigenvalue weighted by molar-refractivity contribution is 0.0903. The van der Waals surface area contributed by atoms with Gasteiger partial charge < -0.3 is 5.11 Å². The summed E-state index contributed by atoms with van der Waals surface area (Å²) < 4.78 is 40.9. The molecular weight excluding hydrogens is 369 g/mol. The molecule has 24 heavy (non-hydrogen) atoms. The van der Waals surface area contributed by atoms with Gasteiger partial charge in [0.25, 0.3) is 0 Å². The van der Waals surface area contributed by atoms with Crippen molar-refractivity contribution in [2.24, 2.45) is 0 Å². The summed E-state index contributed by atoms with van der Waals surface area (Å²) in [6.07, 6.45) is 0. The molecule has 8 heteroatoms. The summed E-state index contributed by atoms with van der Waals surface area (Å²) in [6, 6.07) is 10.4. The highest BCUT2D eigenvalue weighted by Gasteiger charge is 2.35. The Labute approximate surface area is 147 Å². The maximum Gasteiger partial charge on any atom is 0.243 e. The molecule has 0 bridgehead atoms. The van der Waals surface area contributed by atoms with E-state index >= 15 is 0 Å². The molecule has 0 spiro atoms. The lowest BCUT2D eigenvalue weighted by atomic mass is 9.95. The Hall–Kier alpha value is -1.58. The van der Waals surface area contributed by atoms with Crippen LogP contribution >= 0.6 is 22.7 Å². The molecule has 0 fully saturated rings. The Kier molecular flexibility index (Phi) is 4.84. The van der Waals surface area contributed by atoms with Crippen LogP contribution in [0.3, 0.4) is 0 Å². The standard InChI is InChI=1S/C16H14FNO3S3/c17-13-4-1-2-5-14(13)24(20,21)18-11-16(19,12-7-9-22-10-12)15-6-3-8-23-15/h1-10,18-19H,11H2. The fraction of sp³-hybridized carbons (Fsp3) is 0.125. The van der Waals surface area contributed by atoms with Crippen molar-refractivity contribution in [1.29, 1.82) is 0 Å². The smallest absolute Gasteiger partial charge is 0.243 e. The van der Waals surface area contributed by atoms with Crippen molar-refractivity contribution in [3.05, 3.63) is 74.9 Å². The van der Waals surface area contributed by atoms with E-state index in [4.69, 9.17) is 0 Å². The van der Waals surface area contributed by atoms with Crippen molar-refractivity contribution in [1.82, 2.24) is 4.72 Å². The maximum absolute atomic E-state index is 13.8. The molecule has 0 saturated carbocycles. The number of rotatable bonds is 6. The number of halogens is 1. The Morgan fingerprint density at radius 3 is 2.54 bits per heavy atom. The monoisotopic (exact) mass is 383 g/mol. The first kappa shape index (κ1) is 17.2. The summed E-state index contributed by atoms with van der Waals surface area (Å²) in [7, 11) is -4.08. The third-order valence-electron chi connectivity index (χ3n) is 3.57. The van der Waals surface area contributed by atoms with Crippen molar-refractivity contribution >= 4 is 32.7 Å². The zero-order chi connectivity index (χ0) is 17.2. The first-order valence-corrected chi connectivity index (χ1v) is 10.3. The molecule has 0 saturated heterocycles. The van der Waals surface area contributed by atoms with Gasteiger partial charge >= 0.3 is 0 Å². The van der Waals surface area contributed by atoms with Gasteiger partial charge in [-0.25, -0.2) is 17.5 Å². The fourth-order valence-electron chi connectivity index (χ4n) is 2.29. The van der Waals surface area contributed by atoms with Gasteiger partial charge in [-0.2, -0.15) is 11.3 Å². The Morgan fingerprint density at radius 2 is 1.92 bits per heavy atom. The average molecular weight is 383 g/mol. The van der Waals surface area contributed by atoms with Crippen LogP contribution in [-0.4, -0.2) is 20.1 Å². The zero-order valence-electron chi connectivity index (χ0n) is 12.3. The van der Waals surface area contributed by atoms with Gasteiger partial charge in [0.1, 0.15) is 16.3 Å². The molecule has 1 unspecified atom stereocenters. The van der Waals surface area contributed by atoms with E-state index in [-0.39, 0.29) is 6.54 Å². The Bertz CT molecular complexity index is 872. The van der Waals surface area contributed by atoms with Crippen molar-refractivity contribution in [2.45, 2.75) is 10.5 Å². The Balaban J connectivity index is 1.92. The number of hydrogen-bond donors (Lipinski definition) is 2. The lowest BCUT2D eigenvalue weighted by Gasteiger charge is -2.27. The minimum Gasteiger partial charge on any atom is -0.378 e. The predicted octanol–water partition coefficient (Wildman–Crippen LogP) is 3.16. The van der Waals surface area contributed by atoms with Crippen molar-refractivity contribution in [3.8, 4) is 0 Å². The highest BCUT2D eigenvalue weighted by atomic mass is 32.2. The largest absolute Gasteiger partial charge is 0.378 e. The van der Waals surface area contributed by atoms with Crippen LogP contribution in [-0.2, 0) is 15.6 Å². The van der Waals surface area contributed by atoms with Gasteiger partial charge in [-0.15, -0.1) is 11.3 Å². The number of nitrogens with one attached hydrogen (secondary N) is 1. The summed E-state index contributed by atoms with van der Waals surface area (Å²) in [6.45, 7) is -0.291. The second-order valence-electron chi connectivity index (χ2n) is 5.10. The van der Waals surface area contributed by atoms with Crippen LogP contribution in [0, 0.1) is 5.82 Å². The van der Waals surface area contributed by atoms with Gasteiger partial charge in [0.05, 0.1) is 0 Å². The van der Waals surface area contributed by atoms with Crippen LogP contribution in [0.15, 0.2) is 63.5 Å². The van der Waals surface area contributed by atoms with Crippen molar-refractivity contribution in [2.75, 3.05) is 6.54 Å². The zero-order valence-corrected chi connectivity index (χ0v) is 14.8. The molecule has 126 valence electrons. The fourth-order valence-corrected chi connectivity index (χ4v) is 4.99. The van der Waals surface area contributed by atoms with Crippen LogP contribution in [0.4, 0.5) is 4.39 Å². The summed E-state index contributed by atoms with van der Waals surface area (Å²) in [4.78, 5) is 0.168. The van der Waals surface area contributed by atoms with Gasteiger partial charge in [0, 0.05) is 17.0 Å².